The van der Waals surface area contributed by atoms with Crippen LogP contribution in [0.4, 0.5) is 11.4 Å². The molecule has 0 aliphatic carbocycles. The van der Waals surface area contributed by atoms with Gasteiger partial charge in [0.2, 0.25) is 17.7 Å². The van der Waals surface area contributed by atoms with Gasteiger partial charge in [0.15, 0.2) is 0 Å². The lowest BCUT2D eigenvalue weighted by Crippen LogP contribution is -2.56. The van der Waals surface area contributed by atoms with Crippen LogP contribution in [-0.4, -0.2) is 41.3 Å². The summed E-state index contributed by atoms with van der Waals surface area (Å²) in [5.74, 6) is -0.492. The summed E-state index contributed by atoms with van der Waals surface area (Å²) in [4.78, 5) is 46.4. The lowest BCUT2D eigenvalue weighted by molar-refractivity contribution is -0.128. The number of aromatic nitrogens is 1. The molecule has 3 amide bonds. The van der Waals surface area contributed by atoms with Crippen LogP contribution in [0.3, 0.4) is 0 Å². The first-order valence-corrected chi connectivity index (χ1v) is 13.8. The topological polar surface area (TPSA) is 112 Å². The highest BCUT2D eigenvalue weighted by molar-refractivity contribution is 7.07. The van der Waals surface area contributed by atoms with E-state index >= 15 is 0 Å². The Morgan fingerprint density at radius 2 is 2.03 bits per heavy atom. The van der Waals surface area contributed by atoms with Crippen molar-refractivity contribution in [3.63, 3.8) is 0 Å². The minimum atomic E-state index is -0.803. The van der Waals surface area contributed by atoms with Gasteiger partial charge in [-0.05, 0) is 58.5 Å². The van der Waals surface area contributed by atoms with E-state index in [1.54, 1.807) is 21.1 Å². The summed E-state index contributed by atoms with van der Waals surface area (Å²) in [6, 6.07) is 14.1. The molecule has 4 heterocycles. The van der Waals surface area contributed by atoms with Crippen molar-refractivity contribution in [3.05, 3.63) is 82.2 Å². The molecule has 0 bridgehead atoms. The van der Waals surface area contributed by atoms with Gasteiger partial charge < -0.3 is 25.8 Å². The number of rotatable bonds is 7. The molecule has 9 heteroatoms. The molecule has 0 saturated carbocycles. The minimum Gasteiger partial charge on any atom is -0.361 e. The number of carbonyl (C=O) groups is 3. The summed E-state index contributed by atoms with van der Waals surface area (Å²) in [7, 11) is 0. The summed E-state index contributed by atoms with van der Waals surface area (Å²) < 4.78 is 0. The molecule has 1 fully saturated rings. The van der Waals surface area contributed by atoms with Gasteiger partial charge in [-0.3, -0.25) is 14.4 Å². The minimum absolute atomic E-state index is 0.0695. The quantitative estimate of drug-likeness (QED) is 0.342. The number of aromatic amines is 1. The molecule has 8 nitrogen and oxygen atoms in total. The predicted octanol–water partition coefficient (Wildman–Crippen LogP) is 3.50. The summed E-state index contributed by atoms with van der Waals surface area (Å²) in [6.45, 7) is 1.00. The maximum atomic E-state index is 13.9. The molecule has 4 aromatic rings. The van der Waals surface area contributed by atoms with Gasteiger partial charge >= 0.3 is 0 Å². The molecular weight excluding hydrogens is 498 g/mol. The van der Waals surface area contributed by atoms with Gasteiger partial charge in [0.25, 0.3) is 0 Å². The Balaban J connectivity index is 1.27. The van der Waals surface area contributed by atoms with Gasteiger partial charge in [0.1, 0.15) is 6.04 Å². The normalized spacial score (nSPS) is 18.2. The Morgan fingerprint density at radius 1 is 1.16 bits per heavy atom. The number of para-hydroxylation sites is 2. The zero-order valence-corrected chi connectivity index (χ0v) is 21.7. The van der Waals surface area contributed by atoms with Crippen LogP contribution in [0, 0.1) is 0 Å². The Morgan fingerprint density at radius 3 is 2.82 bits per heavy atom. The third-order valence-electron chi connectivity index (χ3n) is 7.41. The fourth-order valence-corrected chi connectivity index (χ4v) is 6.18. The van der Waals surface area contributed by atoms with Crippen LogP contribution in [0.2, 0.25) is 0 Å². The van der Waals surface area contributed by atoms with Crippen molar-refractivity contribution in [2.45, 2.75) is 44.3 Å². The standard InChI is InChI=1S/C29H29N5O3S/c30-22(13-20-15-31-23-7-2-1-6-21(20)23)28(36)32-24-14-19-5-3-8-25(33-11-4-9-26(33)35)27(19)34(29(24)37)16-18-10-12-38-17-18/h1-3,5-8,10,12,15,17,22,24,31H,4,9,11,13-14,16,30H2,(H,32,36)/t22-,24?/m1/s1. The third-order valence-corrected chi connectivity index (χ3v) is 8.14. The molecule has 0 spiro atoms. The number of nitrogens with two attached hydrogens (primary N) is 1. The number of benzene rings is 2. The monoisotopic (exact) mass is 527 g/mol. The highest BCUT2D eigenvalue weighted by Crippen LogP contribution is 2.40. The zero-order chi connectivity index (χ0) is 26.2. The average Bonchev–Trinajstić information content (AvgIpc) is 3.68. The first-order valence-electron chi connectivity index (χ1n) is 12.9. The van der Waals surface area contributed by atoms with Gasteiger partial charge in [-0.25, -0.2) is 0 Å². The number of thiophene rings is 1. The van der Waals surface area contributed by atoms with Gasteiger partial charge in [-0.2, -0.15) is 11.3 Å². The maximum Gasteiger partial charge on any atom is 0.250 e. The van der Waals surface area contributed by atoms with E-state index in [1.165, 1.54) is 0 Å². The van der Waals surface area contributed by atoms with E-state index in [4.69, 9.17) is 5.73 Å². The van der Waals surface area contributed by atoms with E-state index in [2.05, 4.69) is 10.3 Å². The molecule has 1 saturated heterocycles. The number of nitrogens with zero attached hydrogens (tertiary/aromatic N) is 2. The lowest BCUT2D eigenvalue weighted by atomic mass is 9.94. The zero-order valence-electron chi connectivity index (χ0n) is 20.9. The van der Waals surface area contributed by atoms with E-state index in [9.17, 15) is 14.4 Å². The number of nitrogens with one attached hydrogen (secondary N) is 2. The van der Waals surface area contributed by atoms with Crippen molar-refractivity contribution in [2.24, 2.45) is 5.73 Å². The van der Waals surface area contributed by atoms with Crippen LogP contribution in [0.5, 0.6) is 0 Å². The molecule has 2 aliphatic heterocycles. The third kappa shape index (κ3) is 4.48. The van der Waals surface area contributed by atoms with E-state index < -0.39 is 12.1 Å². The number of fused-ring (bicyclic) bond motifs is 2. The molecule has 194 valence electrons. The predicted molar refractivity (Wildman–Crippen MR) is 149 cm³/mol. The average molecular weight is 528 g/mol. The Labute approximate surface area is 224 Å². The van der Waals surface area contributed by atoms with Crippen molar-refractivity contribution in [1.82, 2.24) is 10.3 Å². The number of hydrogen-bond donors (Lipinski definition) is 3. The second-order valence-electron chi connectivity index (χ2n) is 9.93. The number of anilines is 2. The van der Waals surface area contributed by atoms with Gasteiger partial charge in [-0.1, -0.05) is 30.3 Å². The van der Waals surface area contributed by atoms with E-state index in [-0.39, 0.29) is 17.7 Å². The largest absolute Gasteiger partial charge is 0.361 e. The summed E-state index contributed by atoms with van der Waals surface area (Å²) in [5.41, 5.74) is 11.7. The SMILES string of the molecule is N[C@H](Cc1c[nH]c2ccccc12)C(=O)NC1Cc2cccc(N3CCCC3=O)c2N(Cc2ccsc2)C1=O. The Kier molecular flexibility index (Phi) is 6.47. The first kappa shape index (κ1) is 24.4. The van der Waals surface area contributed by atoms with Gasteiger partial charge in [0, 0.05) is 36.5 Å². The smallest absolute Gasteiger partial charge is 0.250 e. The first-order chi connectivity index (χ1) is 18.5. The van der Waals surface area contributed by atoms with Crippen LogP contribution in [-0.2, 0) is 33.8 Å². The number of carbonyl (C=O) groups excluding carboxylic acids is 3. The fourth-order valence-electron chi connectivity index (χ4n) is 5.52. The van der Waals surface area contributed by atoms with Crippen LogP contribution >= 0.6 is 11.3 Å². The van der Waals surface area contributed by atoms with Crippen molar-refractivity contribution in [1.29, 1.82) is 0 Å². The van der Waals surface area contributed by atoms with Crippen molar-refractivity contribution in [3.8, 4) is 0 Å². The van der Waals surface area contributed by atoms with E-state index in [0.717, 1.165) is 45.4 Å². The molecule has 4 N–H and O–H groups in total. The molecule has 38 heavy (non-hydrogen) atoms. The van der Waals surface area contributed by atoms with Crippen molar-refractivity contribution in [2.75, 3.05) is 16.3 Å². The molecule has 6 rings (SSSR count). The molecule has 2 aromatic carbocycles. The van der Waals surface area contributed by atoms with Gasteiger partial charge in [0.05, 0.1) is 24.0 Å². The summed E-state index contributed by atoms with van der Waals surface area (Å²) in [6.07, 6.45) is 3.88. The summed E-state index contributed by atoms with van der Waals surface area (Å²) in [5, 5.41) is 7.95. The number of H-pyrrole nitrogens is 1. The van der Waals surface area contributed by atoms with Crippen LogP contribution in [0.1, 0.15) is 29.5 Å². The Hall–Kier alpha value is -3.95. The molecule has 1 unspecified atom stereocenters. The van der Waals surface area contributed by atoms with Crippen molar-refractivity contribution < 1.29 is 14.4 Å². The van der Waals surface area contributed by atoms with E-state index in [1.807, 2.05) is 65.5 Å². The number of hydrogen-bond acceptors (Lipinski definition) is 5. The Bertz CT molecular complexity index is 1510. The second kappa shape index (κ2) is 10.1. The molecule has 2 atom stereocenters. The van der Waals surface area contributed by atoms with Crippen molar-refractivity contribution >= 4 is 51.3 Å². The highest BCUT2D eigenvalue weighted by Gasteiger charge is 2.38. The second-order valence-corrected chi connectivity index (χ2v) is 10.7. The molecular formula is C29H29N5O3S. The fraction of sp³-hybridized carbons (Fsp3) is 0.276. The van der Waals surface area contributed by atoms with Crippen LogP contribution in [0.25, 0.3) is 10.9 Å². The highest BCUT2D eigenvalue weighted by atomic mass is 32.1. The van der Waals surface area contributed by atoms with Crippen LogP contribution in [0.15, 0.2) is 65.5 Å². The van der Waals surface area contributed by atoms with Gasteiger partial charge in [-0.15, -0.1) is 0 Å². The number of amides is 3. The lowest BCUT2D eigenvalue weighted by Gasteiger charge is -2.37. The maximum absolute atomic E-state index is 13.9. The van der Waals surface area contributed by atoms with Crippen LogP contribution < -0.4 is 20.9 Å². The summed E-state index contributed by atoms with van der Waals surface area (Å²) >= 11 is 1.57. The molecule has 2 aliphatic rings. The molecule has 2 aromatic heterocycles. The molecule has 0 radical (unpaired) electrons. The van der Waals surface area contributed by atoms with E-state index in [0.29, 0.717) is 32.4 Å².